The Morgan fingerprint density at radius 2 is 1.90 bits per heavy atom. The molecule has 1 aromatic heterocycles. The van der Waals surface area contributed by atoms with E-state index < -0.39 is 5.56 Å². The lowest BCUT2D eigenvalue weighted by molar-refractivity contribution is 0.112. The van der Waals surface area contributed by atoms with E-state index in [0.29, 0.717) is 30.0 Å². The maximum absolute atomic E-state index is 11.9. The summed E-state index contributed by atoms with van der Waals surface area (Å²) in [6.45, 7) is 2.18. The Bertz CT molecular complexity index is 722. The number of carbonyl (C=O) groups excluding carboxylic acids is 1. The summed E-state index contributed by atoms with van der Waals surface area (Å²) in [6.07, 6.45) is 0.542. The predicted molar refractivity (Wildman–Crippen MR) is 78.1 cm³/mol. The van der Waals surface area contributed by atoms with Crippen molar-refractivity contribution in [2.24, 2.45) is 0 Å². The minimum Gasteiger partial charge on any atom is -0.493 e. The van der Waals surface area contributed by atoms with E-state index in [4.69, 9.17) is 9.47 Å². The zero-order valence-electron chi connectivity index (χ0n) is 12.1. The van der Waals surface area contributed by atoms with Crippen molar-refractivity contribution in [2.45, 2.75) is 13.5 Å². The van der Waals surface area contributed by atoms with E-state index in [9.17, 15) is 9.59 Å². The first kappa shape index (κ1) is 14.8. The molecule has 110 valence electrons. The monoisotopic (exact) mass is 288 g/mol. The van der Waals surface area contributed by atoms with Crippen LogP contribution in [0.4, 0.5) is 0 Å². The number of methoxy groups -OCH3 is 2. The molecule has 0 bridgehead atoms. The van der Waals surface area contributed by atoms with Gasteiger partial charge >= 0.3 is 0 Å². The third-order valence-electron chi connectivity index (χ3n) is 3.11. The molecule has 0 fully saturated rings. The molecule has 1 heterocycles. The minimum absolute atomic E-state index is 0.0802. The van der Waals surface area contributed by atoms with Gasteiger partial charge in [0.05, 0.1) is 25.5 Å². The minimum atomic E-state index is -0.392. The number of aryl methyl sites for hydroxylation is 1. The molecule has 0 saturated carbocycles. The van der Waals surface area contributed by atoms with Crippen LogP contribution in [0.2, 0.25) is 0 Å². The van der Waals surface area contributed by atoms with Crippen molar-refractivity contribution in [1.29, 1.82) is 0 Å². The fraction of sp³-hybridized carbons (Fsp3) is 0.267. The molecule has 0 aliphatic rings. The lowest BCUT2D eigenvalue weighted by atomic mass is 10.1. The fourth-order valence-electron chi connectivity index (χ4n) is 2.00. The molecule has 2 rings (SSSR count). The maximum Gasteiger partial charge on any atom is 0.277 e. The Labute approximate surface area is 121 Å². The molecule has 1 aromatic carbocycles. The van der Waals surface area contributed by atoms with Crippen LogP contribution in [-0.2, 0) is 6.54 Å². The van der Waals surface area contributed by atoms with Gasteiger partial charge in [-0.05, 0) is 31.2 Å². The molecule has 0 amide bonds. The highest BCUT2D eigenvalue weighted by atomic mass is 16.5. The summed E-state index contributed by atoms with van der Waals surface area (Å²) in [7, 11) is 3.09. The molecular formula is C15H16N2O4. The van der Waals surface area contributed by atoms with E-state index in [1.165, 1.54) is 10.7 Å². The zero-order chi connectivity index (χ0) is 15.4. The first-order valence-corrected chi connectivity index (χ1v) is 6.44. The van der Waals surface area contributed by atoms with Crippen LogP contribution >= 0.6 is 0 Å². The number of benzene rings is 1. The molecule has 0 unspecified atom stereocenters. The summed E-state index contributed by atoms with van der Waals surface area (Å²) in [6, 6.07) is 6.77. The number of rotatable bonds is 5. The Morgan fingerprint density at radius 1 is 1.19 bits per heavy atom. The number of nitrogens with zero attached hydrogens (tertiary/aromatic N) is 2. The zero-order valence-corrected chi connectivity index (χ0v) is 12.1. The highest BCUT2D eigenvalue weighted by molar-refractivity contribution is 5.77. The molecule has 0 atom stereocenters. The molecule has 0 saturated heterocycles. The van der Waals surface area contributed by atoms with Crippen LogP contribution in [0.3, 0.4) is 0 Å². The van der Waals surface area contributed by atoms with Crippen molar-refractivity contribution in [2.75, 3.05) is 14.2 Å². The number of carbonyl (C=O) groups is 1. The summed E-state index contributed by atoms with van der Waals surface area (Å²) in [5.74, 6) is 1.15. The summed E-state index contributed by atoms with van der Waals surface area (Å²) in [5.41, 5.74) is 0.950. The summed E-state index contributed by atoms with van der Waals surface area (Å²) in [4.78, 5) is 22.9. The van der Waals surface area contributed by atoms with Crippen molar-refractivity contribution in [3.8, 4) is 22.8 Å². The van der Waals surface area contributed by atoms with Crippen molar-refractivity contribution < 1.29 is 14.3 Å². The number of aldehydes is 1. The molecule has 6 nitrogen and oxygen atoms in total. The first-order chi connectivity index (χ1) is 10.1. The van der Waals surface area contributed by atoms with Crippen LogP contribution in [0.5, 0.6) is 11.5 Å². The van der Waals surface area contributed by atoms with E-state index in [0.717, 1.165) is 5.56 Å². The van der Waals surface area contributed by atoms with Gasteiger partial charge in [-0.1, -0.05) is 0 Å². The van der Waals surface area contributed by atoms with Gasteiger partial charge in [-0.3, -0.25) is 9.59 Å². The largest absolute Gasteiger partial charge is 0.493 e. The van der Waals surface area contributed by atoms with E-state index in [1.54, 1.807) is 39.3 Å². The van der Waals surface area contributed by atoms with Crippen LogP contribution < -0.4 is 15.0 Å². The second-order valence-electron chi connectivity index (χ2n) is 4.29. The Hall–Kier alpha value is -2.63. The number of aromatic nitrogens is 2. The second kappa shape index (κ2) is 6.21. The molecule has 0 aliphatic carbocycles. The van der Waals surface area contributed by atoms with E-state index in [2.05, 4.69) is 5.10 Å². The number of hydrogen-bond acceptors (Lipinski definition) is 5. The van der Waals surface area contributed by atoms with Gasteiger partial charge in [0.2, 0.25) is 0 Å². The SMILES string of the molecule is CCn1nc(-c2ccc(OC)c(OC)c2)cc(C=O)c1=O. The van der Waals surface area contributed by atoms with Crippen LogP contribution in [0.15, 0.2) is 29.1 Å². The normalized spacial score (nSPS) is 10.2. The maximum atomic E-state index is 11.9. The van der Waals surface area contributed by atoms with Crippen LogP contribution in [0, 0.1) is 0 Å². The molecule has 6 heteroatoms. The summed E-state index contributed by atoms with van der Waals surface area (Å²) >= 11 is 0. The Kier molecular flexibility index (Phi) is 4.37. The van der Waals surface area contributed by atoms with Gasteiger partial charge in [-0.15, -0.1) is 0 Å². The van der Waals surface area contributed by atoms with Crippen LogP contribution in [-0.4, -0.2) is 30.3 Å². The predicted octanol–water partition coefficient (Wildman–Crippen LogP) is 1.76. The summed E-state index contributed by atoms with van der Waals surface area (Å²) < 4.78 is 11.7. The highest BCUT2D eigenvalue weighted by Crippen LogP contribution is 2.31. The number of ether oxygens (including phenoxy) is 2. The summed E-state index contributed by atoms with van der Waals surface area (Å²) in [5, 5.41) is 4.25. The van der Waals surface area contributed by atoms with Gasteiger partial charge in [-0.2, -0.15) is 5.10 Å². The van der Waals surface area contributed by atoms with Gasteiger partial charge in [0, 0.05) is 12.1 Å². The molecule has 0 radical (unpaired) electrons. The number of hydrogen-bond donors (Lipinski definition) is 0. The smallest absolute Gasteiger partial charge is 0.277 e. The van der Waals surface area contributed by atoms with Gasteiger partial charge in [0.15, 0.2) is 17.8 Å². The van der Waals surface area contributed by atoms with Gasteiger partial charge < -0.3 is 9.47 Å². The average molecular weight is 288 g/mol. The highest BCUT2D eigenvalue weighted by Gasteiger charge is 2.11. The standard InChI is InChI=1S/C15H16N2O4/c1-4-17-15(19)11(9-18)7-12(16-17)10-5-6-13(20-2)14(8-10)21-3/h5-9H,4H2,1-3H3. The molecule has 0 aliphatic heterocycles. The van der Waals surface area contributed by atoms with Gasteiger partial charge in [0.1, 0.15) is 0 Å². The van der Waals surface area contributed by atoms with Gasteiger partial charge in [-0.25, -0.2) is 4.68 Å². The van der Waals surface area contributed by atoms with Crippen molar-refractivity contribution in [3.05, 3.63) is 40.2 Å². The van der Waals surface area contributed by atoms with E-state index in [1.807, 2.05) is 0 Å². The average Bonchev–Trinajstić information content (AvgIpc) is 2.54. The Balaban J connectivity index is 2.61. The van der Waals surface area contributed by atoms with Crippen molar-refractivity contribution >= 4 is 6.29 Å². The molecular weight excluding hydrogens is 272 g/mol. The molecule has 21 heavy (non-hydrogen) atoms. The van der Waals surface area contributed by atoms with E-state index in [-0.39, 0.29) is 5.56 Å². The lowest BCUT2D eigenvalue weighted by Crippen LogP contribution is -2.25. The third-order valence-corrected chi connectivity index (χ3v) is 3.11. The third kappa shape index (κ3) is 2.79. The van der Waals surface area contributed by atoms with E-state index >= 15 is 0 Å². The second-order valence-corrected chi connectivity index (χ2v) is 4.29. The molecule has 0 spiro atoms. The van der Waals surface area contributed by atoms with Gasteiger partial charge in [0.25, 0.3) is 5.56 Å². The van der Waals surface area contributed by atoms with Crippen LogP contribution in [0.1, 0.15) is 17.3 Å². The first-order valence-electron chi connectivity index (χ1n) is 6.44. The van der Waals surface area contributed by atoms with Crippen molar-refractivity contribution in [3.63, 3.8) is 0 Å². The molecule has 0 N–H and O–H groups in total. The quantitative estimate of drug-likeness (QED) is 0.784. The topological polar surface area (TPSA) is 70.4 Å². The Morgan fingerprint density at radius 3 is 2.48 bits per heavy atom. The van der Waals surface area contributed by atoms with Crippen LogP contribution in [0.25, 0.3) is 11.3 Å². The fourth-order valence-corrected chi connectivity index (χ4v) is 2.00. The molecule has 2 aromatic rings. The van der Waals surface area contributed by atoms with Crippen molar-refractivity contribution in [1.82, 2.24) is 9.78 Å². The lowest BCUT2D eigenvalue weighted by Gasteiger charge is -2.10.